The highest BCUT2D eigenvalue weighted by Crippen LogP contribution is 2.72. The maximum absolute atomic E-state index is 14.8. The monoisotopic (exact) mass is 802 g/mol. The molecule has 10 unspecified atom stereocenters. The molecule has 13 rings (SSSR count). The van der Waals surface area contributed by atoms with E-state index in [0.29, 0.717) is 71.8 Å². The second-order valence-corrected chi connectivity index (χ2v) is 19.8. The minimum absolute atomic E-state index is 0.0130. The number of hydrogen-bond donors (Lipinski definition) is 7. The highest BCUT2D eigenvalue weighted by molar-refractivity contribution is 6.34. The molecule has 59 heavy (non-hydrogen) atoms. The zero-order valence-corrected chi connectivity index (χ0v) is 33.1. The van der Waals surface area contributed by atoms with Crippen LogP contribution < -0.4 is 10.1 Å². The number of nitrogens with zero attached hydrogens (tertiary/aromatic N) is 1. The lowest BCUT2D eigenvalue weighted by molar-refractivity contribution is -0.368. The summed E-state index contributed by atoms with van der Waals surface area (Å²) in [7, 11) is 0. The molecule has 1 aromatic heterocycles. The number of carbonyl (C=O) groups excluding carboxylic acids is 2. The number of hydrogen-bond acceptors (Lipinski definition) is 12. The number of phenols is 1. The first kappa shape index (κ1) is 36.7. The molecule has 0 radical (unpaired) electrons. The lowest BCUT2D eigenvalue weighted by atomic mass is 9.51. The molecule has 2 aromatic carbocycles. The third-order valence-electron chi connectivity index (χ3n) is 17.0. The molecule has 1 saturated heterocycles. The Morgan fingerprint density at radius 2 is 1.68 bits per heavy atom. The fourth-order valence-electron chi connectivity index (χ4n) is 14.6. The van der Waals surface area contributed by atoms with Gasteiger partial charge in [0.15, 0.2) is 17.5 Å². The number of ether oxygens (including phenoxy) is 2. The lowest BCUT2D eigenvalue weighted by Gasteiger charge is -2.64. The average Bonchev–Trinajstić information content (AvgIpc) is 3.94. The molecule has 7 N–H and O–H groups in total. The number of fused-ring (bicyclic) bond motifs is 5. The minimum atomic E-state index is -2.27. The second-order valence-electron chi connectivity index (χ2n) is 19.8. The summed E-state index contributed by atoms with van der Waals surface area (Å²) < 4.78 is 14.2. The van der Waals surface area contributed by atoms with Crippen LogP contribution in [0.25, 0.3) is 10.8 Å². The Bertz CT molecular complexity index is 2510. The summed E-state index contributed by atoms with van der Waals surface area (Å²) >= 11 is 0. The van der Waals surface area contributed by atoms with E-state index in [0.717, 1.165) is 50.5 Å². The Labute approximate surface area is 341 Å². The maximum Gasteiger partial charge on any atom is 0.260 e. The van der Waals surface area contributed by atoms with Gasteiger partial charge in [0.25, 0.3) is 5.79 Å². The van der Waals surface area contributed by atoms with Gasteiger partial charge < -0.3 is 45.4 Å². The fourth-order valence-corrected chi connectivity index (χ4v) is 14.6. The van der Waals surface area contributed by atoms with E-state index in [1.165, 1.54) is 6.07 Å². The van der Waals surface area contributed by atoms with Gasteiger partial charge in [0.1, 0.15) is 29.5 Å². The number of aryl methyl sites for hydroxylation is 1. The molecule has 4 aliphatic heterocycles. The number of anilines is 1. The zero-order valence-electron chi connectivity index (χ0n) is 33.1. The van der Waals surface area contributed by atoms with E-state index in [2.05, 4.69) is 5.32 Å². The number of nitrogens with one attached hydrogen (secondary N) is 1. The van der Waals surface area contributed by atoms with Crippen molar-refractivity contribution in [3.63, 3.8) is 0 Å². The van der Waals surface area contributed by atoms with Gasteiger partial charge in [0.2, 0.25) is 5.78 Å². The van der Waals surface area contributed by atoms with Crippen molar-refractivity contribution < 1.29 is 49.7 Å². The molecule has 5 heterocycles. The summed E-state index contributed by atoms with van der Waals surface area (Å²) in [6.45, 7) is 1.82. The number of aromatic nitrogens is 1. The van der Waals surface area contributed by atoms with Crippen LogP contribution in [0.3, 0.4) is 0 Å². The number of pyridine rings is 1. The Balaban J connectivity index is 1.17. The quantitative estimate of drug-likeness (QED) is 0.125. The van der Waals surface area contributed by atoms with Gasteiger partial charge in [-0.2, -0.15) is 0 Å². The van der Waals surface area contributed by atoms with Crippen LogP contribution in [0.4, 0.5) is 5.82 Å². The average molecular weight is 803 g/mol. The van der Waals surface area contributed by atoms with E-state index in [1.54, 1.807) is 37.4 Å². The first-order valence-electron chi connectivity index (χ1n) is 21.7. The molecule has 8 bridgehead atoms. The molecule has 3 aromatic rings. The van der Waals surface area contributed by atoms with Gasteiger partial charge in [-0.15, -0.1) is 0 Å². The third kappa shape index (κ3) is 4.37. The molecular weight excluding hydrogens is 753 g/mol. The van der Waals surface area contributed by atoms with Gasteiger partial charge in [0.05, 0.1) is 23.3 Å². The van der Waals surface area contributed by atoms with E-state index in [-0.39, 0.29) is 51.6 Å². The van der Waals surface area contributed by atoms with Gasteiger partial charge in [0, 0.05) is 40.1 Å². The Morgan fingerprint density at radius 3 is 2.49 bits per heavy atom. The molecule has 6 aliphatic carbocycles. The van der Waals surface area contributed by atoms with Gasteiger partial charge >= 0.3 is 0 Å². The molecule has 12 nitrogen and oxygen atoms in total. The summed E-state index contributed by atoms with van der Waals surface area (Å²) in [6.07, 6.45) is 6.09. The Morgan fingerprint density at radius 1 is 0.864 bits per heavy atom. The summed E-state index contributed by atoms with van der Waals surface area (Å²) in [6, 6.07) is 6.19. The van der Waals surface area contributed by atoms with Crippen molar-refractivity contribution in [2.75, 3.05) is 11.9 Å². The van der Waals surface area contributed by atoms with Crippen molar-refractivity contribution in [1.29, 1.82) is 0 Å². The van der Waals surface area contributed by atoms with E-state index >= 15 is 0 Å². The van der Waals surface area contributed by atoms with Crippen molar-refractivity contribution >= 4 is 28.2 Å². The predicted molar refractivity (Wildman–Crippen MR) is 213 cm³/mol. The molecular formula is C47H50N2O10. The molecule has 0 amide bonds. The van der Waals surface area contributed by atoms with Gasteiger partial charge in [-0.25, -0.2) is 4.98 Å². The summed E-state index contributed by atoms with van der Waals surface area (Å²) in [5.41, 5.74) is -0.919. The standard InChI is InChI=1S/C47H50N2O10/c1-22-15-27-32(29(50)16-22)37(53)34-30-17-26-25(33(34)36(27)52)8-14-48-41(26)49-20-31(51)45-11-4-5-24(45)7-6-23-18-46(58-30)39(55)38(54)40(56)47(59-46)35(23)28(45)19-44(42(47)57)13-12-43(21-44)9-2-3-10-43/h8,14-18,24,31,38-40,42,50-51,54-57H,2-7,9-13,19-21H2,1H3,(H,48,49). The molecule has 3 saturated carbocycles. The number of phenolic OH excluding ortho intramolecular Hbond substituents is 1. The van der Waals surface area contributed by atoms with E-state index in [9.17, 15) is 40.2 Å². The van der Waals surface area contributed by atoms with Crippen LogP contribution in [0.1, 0.15) is 121 Å². The van der Waals surface area contributed by atoms with Crippen molar-refractivity contribution in [1.82, 2.24) is 4.98 Å². The number of carbonyl (C=O) groups is 2. The maximum atomic E-state index is 14.8. The highest BCUT2D eigenvalue weighted by Gasteiger charge is 2.75. The SMILES string of the molecule is Cc1cc(O)c2c(c1)C(=O)c1c(c3cc4c(nccc14)NCC(O)C14CCCC1CCC1=CC5(O3)OC3(C1=C4CC1(CCC4(CCCC4)C1)C3O)C(O)C(O)C5O)C2=O. The van der Waals surface area contributed by atoms with Crippen molar-refractivity contribution in [3.8, 4) is 11.5 Å². The first-order valence-corrected chi connectivity index (χ1v) is 21.7. The van der Waals surface area contributed by atoms with E-state index in [1.807, 2.05) is 0 Å². The van der Waals surface area contributed by atoms with Crippen molar-refractivity contribution in [3.05, 3.63) is 81.1 Å². The summed E-state index contributed by atoms with van der Waals surface area (Å²) in [4.78, 5) is 34.2. The van der Waals surface area contributed by atoms with Crippen molar-refractivity contribution in [2.45, 2.75) is 132 Å². The van der Waals surface area contributed by atoms with Crippen LogP contribution in [-0.2, 0) is 4.74 Å². The lowest BCUT2D eigenvalue weighted by Crippen LogP contribution is -2.79. The van der Waals surface area contributed by atoms with Crippen LogP contribution in [0.2, 0.25) is 0 Å². The van der Waals surface area contributed by atoms with Crippen molar-refractivity contribution in [2.24, 2.45) is 22.2 Å². The van der Waals surface area contributed by atoms with Crippen LogP contribution in [0.15, 0.2) is 53.3 Å². The van der Waals surface area contributed by atoms with E-state index in [4.69, 9.17) is 14.5 Å². The predicted octanol–water partition coefficient (Wildman–Crippen LogP) is 5.05. The van der Waals surface area contributed by atoms with Gasteiger partial charge in [-0.05, 0) is 135 Å². The van der Waals surface area contributed by atoms with Crippen LogP contribution in [-0.4, -0.2) is 95.6 Å². The number of benzene rings is 2. The van der Waals surface area contributed by atoms with Crippen LogP contribution in [0.5, 0.6) is 11.5 Å². The number of aliphatic hydroxyl groups is 5. The minimum Gasteiger partial charge on any atom is -0.507 e. The number of ketones is 2. The summed E-state index contributed by atoms with van der Waals surface area (Å²) in [5.74, 6) is -3.59. The second kappa shape index (κ2) is 11.8. The molecule has 5 spiro atoms. The molecule has 10 atom stereocenters. The van der Waals surface area contributed by atoms with Crippen LogP contribution in [0, 0.1) is 29.1 Å². The fraction of sp³-hybridized carbons (Fsp3) is 0.553. The van der Waals surface area contributed by atoms with E-state index < -0.39 is 64.3 Å². The number of aliphatic hydroxyl groups excluding tert-OH is 5. The zero-order chi connectivity index (χ0) is 40.6. The first-order chi connectivity index (χ1) is 28.3. The molecule has 4 fully saturated rings. The third-order valence-corrected chi connectivity index (χ3v) is 17.0. The molecule has 12 heteroatoms. The van der Waals surface area contributed by atoms with Crippen LogP contribution >= 0.6 is 0 Å². The Kier molecular flexibility index (Phi) is 7.33. The normalized spacial score (nSPS) is 39.9. The smallest absolute Gasteiger partial charge is 0.260 e. The Hall–Kier alpha value is -4.17. The largest absolute Gasteiger partial charge is 0.507 e. The number of rotatable bonds is 0. The molecule has 10 aliphatic rings. The summed E-state index contributed by atoms with van der Waals surface area (Å²) in [5, 5.41) is 78.8. The number of aromatic hydroxyl groups is 1. The topological polar surface area (TPSA) is 199 Å². The highest BCUT2D eigenvalue weighted by atomic mass is 16.7. The molecule has 308 valence electrons. The van der Waals surface area contributed by atoms with Gasteiger partial charge in [-0.3, -0.25) is 9.59 Å². The van der Waals surface area contributed by atoms with Gasteiger partial charge in [-0.1, -0.05) is 24.8 Å².